The van der Waals surface area contributed by atoms with Gasteiger partial charge < -0.3 is 19.7 Å². The lowest BCUT2D eigenvalue weighted by Crippen LogP contribution is -2.59. The standard InChI is InChI=1S/C17H24N2O3/c1-16(2,3)22-15(20)19-8-9-21-17(12-19)10-13-6-4-5-7-14(13)18-11-17/h4-7,18H,8-12H2,1-3H3. The zero-order chi connectivity index (χ0) is 15.8. The van der Waals surface area contributed by atoms with Crippen molar-refractivity contribution in [2.75, 3.05) is 31.6 Å². The summed E-state index contributed by atoms with van der Waals surface area (Å²) in [4.78, 5) is 14.1. The van der Waals surface area contributed by atoms with E-state index in [2.05, 4.69) is 17.4 Å². The van der Waals surface area contributed by atoms with Crippen LogP contribution in [0.2, 0.25) is 0 Å². The normalized spacial score (nSPS) is 24.6. The molecule has 1 spiro atoms. The van der Waals surface area contributed by atoms with Gasteiger partial charge in [-0.1, -0.05) is 18.2 Å². The number of rotatable bonds is 0. The lowest BCUT2D eigenvalue weighted by Gasteiger charge is -2.45. The molecule has 1 unspecified atom stereocenters. The summed E-state index contributed by atoms with van der Waals surface area (Å²) in [5, 5.41) is 3.43. The molecule has 5 nitrogen and oxygen atoms in total. The van der Waals surface area contributed by atoms with Crippen LogP contribution in [0.1, 0.15) is 26.3 Å². The Morgan fingerprint density at radius 3 is 2.91 bits per heavy atom. The second-order valence-electron chi connectivity index (χ2n) is 7.12. The van der Waals surface area contributed by atoms with Gasteiger partial charge in [-0.15, -0.1) is 0 Å². The molecule has 1 amide bonds. The van der Waals surface area contributed by atoms with E-state index >= 15 is 0 Å². The number of carbonyl (C=O) groups is 1. The first-order chi connectivity index (χ1) is 10.4. The second kappa shape index (κ2) is 5.47. The van der Waals surface area contributed by atoms with Crippen molar-refractivity contribution in [3.8, 4) is 0 Å². The summed E-state index contributed by atoms with van der Waals surface area (Å²) in [6, 6.07) is 8.25. The lowest BCUT2D eigenvalue weighted by molar-refractivity contribution is -0.102. The van der Waals surface area contributed by atoms with E-state index in [0.717, 1.165) is 12.1 Å². The number of morpholine rings is 1. The minimum Gasteiger partial charge on any atom is -0.444 e. The molecule has 22 heavy (non-hydrogen) atoms. The predicted molar refractivity (Wildman–Crippen MR) is 85.1 cm³/mol. The van der Waals surface area contributed by atoms with Crippen LogP contribution in [-0.2, 0) is 15.9 Å². The first-order valence-corrected chi connectivity index (χ1v) is 7.81. The van der Waals surface area contributed by atoms with Crippen LogP contribution in [0.5, 0.6) is 0 Å². The van der Waals surface area contributed by atoms with Crippen molar-refractivity contribution in [2.24, 2.45) is 0 Å². The molecule has 0 aliphatic carbocycles. The van der Waals surface area contributed by atoms with Crippen LogP contribution in [0.25, 0.3) is 0 Å². The second-order valence-corrected chi connectivity index (χ2v) is 7.12. The molecule has 1 aromatic carbocycles. The highest BCUT2D eigenvalue weighted by Gasteiger charge is 2.42. The molecule has 120 valence electrons. The number of benzene rings is 1. The van der Waals surface area contributed by atoms with Crippen LogP contribution in [0.3, 0.4) is 0 Å². The molecule has 2 aliphatic rings. The highest BCUT2D eigenvalue weighted by molar-refractivity contribution is 5.68. The highest BCUT2D eigenvalue weighted by atomic mass is 16.6. The van der Waals surface area contributed by atoms with Gasteiger partial charge in [0, 0.05) is 25.2 Å². The molecular weight excluding hydrogens is 280 g/mol. The fourth-order valence-corrected chi connectivity index (χ4v) is 3.05. The van der Waals surface area contributed by atoms with E-state index in [0.29, 0.717) is 26.2 Å². The van der Waals surface area contributed by atoms with E-state index in [1.54, 1.807) is 4.90 Å². The van der Waals surface area contributed by atoms with Gasteiger partial charge in [0.2, 0.25) is 0 Å². The number of nitrogens with zero attached hydrogens (tertiary/aromatic N) is 1. The number of ether oxygens (including phenoxy) is 2. The number of para-hydroxylation sites is 1. The summed E-state index contributed by atoms with van der Waals surface area (Å²) in [5.74, 6) is 0. The summed E-state index contributed by atoms with van der Waals surface area (Å²) in [6.07, 6.45) is 0.559. The SMILES string of the molecule is CC(C)(C)OC(=O)N1CCOC2(CNc3ccccc3C2)C1. The minimum absolute atomic E-state index is 0.256. The third-order valence-corrected chi connectivity index (χ3v) is 4.03. The van der Waals surface area contributed by atoms with Gasteiger partial charge in [-0.3, -0.25) is 0 Å². The van der Waals surface area contributed by atoms with E-state index in [-0.39, 0.29) is 11.7 Å². The molecule has 1 aromatic rings. The maximum atomic E-state index is 12.3. The van der Waals surface area contributed by atoms with Crippen LogP contribution in [0.4, 0.5) is 10.5 Å². The van der Waals surface area contributed by atoms with Crippen LogP contribution >= 0.6 is 0 Å². The van der Waals surface area contributed by atoms with Gasteiger partial charge in [0.25, 0.3) is 0 Å². The molecular formula is C17H24N2O3. The van der Waals surface area contributed by atoms with Gasteiger partial charge in [-0.05, 0) is 32.4 Å². The Kier molecular flexibility index (Phi) is 3.77. The van der Waals surface area contributed by atoms with E-state index in [9.17, 15) is 4.79 Å². The Labute approximate surface area is 131 Å². The Balaban J connectivity index is 1.72. The Hall–Kier alpha value is -1.75. The van der Waals surface area contributed by atoms with Gasteiger partial charge in [0.05, 0.1) is 13.2 Å². The molecule has 5 heteroatoms. The van der Waals surface area contributed by atoms with Crippen molar-refractivity contribution >= 4 is 11.8 Å². The molecule has 1 N–H and O–H groups in total. The molecule has 0 aromatic heterocycles. The fraction of sp³-hybridized carbons (Fsp3) is 0.588. The highest BCUT2D eigenvalue weighted by Crippen LogP contribution is 2.32. The van der Waals surface area contributed by atoms with E-state index in [1.807, 2.05) is 32.9 Å². The summed E-state index contributed by atoms with van der Waals surface area (Å²) in [7, 11) is 0. The first kappa shape index (κ1) is 15.2. The number of anilines is 1. The summed E-state index contributed by atoms with van der Waals surface area (Å²) < 4.78 is 11.6. The zero-order valence-corrected chi connectivity index (χ0v) is 13.5. The minimum atomic E-state index is -0.472. The van der Waals surface area contributed by atoms with Gasteiger partial charge >= 0.3 is 6.09 Å². The molecule has 2 aliphatic heterocycles. The fourth-order valence-electron chi connectivity index (χ4n) is 3.05. The van der Waals surface area contributed by atoms with Crippen molar-refractivity contribution in [3.63, 3.8) is 0 Å². The molecule has 3 rings (SSSR count). The number of carbonyl (C=O) groups excluding carboxylic acids is 1. The number of nitrogens with one attached hydrogen (secondary N) is 1. The summed E-state index contributed by atoms with van der Waals surface area (Å²) in [5.41, 5.74) is 1.56. The van der Waals surface area contributed by atoms with Gasteiger partial charge in [-0.25, -0.2) is 4.79 Å². The molecule has 0 bridgehead atoms. The van der Waals surface area contributed by atoms with Crippen LogP contribution < -0.4 is 5.32 Å². The van der Waals surface area contributed by atoms with Crippen molar-refractivity contribution in [1.29, 1.82) is 0 Å². The maximum Gasteiger partial charge on any atom is 0.410 e. The maximum absolute atomic E-state index is 12.3. The number of hydrogen-bond donors (Lipinski definition) is 1. The predicted octanol–water partition coefficient (Wildman–Crippen LogP) is 2.66. The Morgan fingerprint density at radius 1 is 1.36 bits per heavy atom. The van der Waals surface area contributed by atoms with E-state index < -0.39 is 5.60 Å². The monoisotopic (exact) mass is 304 g/mol. The quantitative estimate of drug-likeness (QED) is 0.800. The van der Waals surface area contributed by atoms with Gasteiger partial charge in [0.15, 0.2) is 0 Å². The molecule has 1 saturated heterocycles. The molecule has 1 atom stereocenters. The third-order valence-electron chi connectivity index (χ3n) is 4.03. The Bertz CT molecular complexity index is 567. The largest absolute Gasteiger partial charge is 0.444 e. The topological polar surface area (TPSA) is 50.8 Å². The number of fused-ring (bicyclic) bond motifs is 1. The van der Waals surface area contributed by atoms with E-state index in [1.165, 1.54) is 5.56 Å². The van der Waals surface area contributed by atoms with Crippen molar-refractivity contribution in [1.82, 2.24) is 4.90 Å². The lowest BCUT2D eigenvalue weighted by atomic mass is 9.88. The van der Waals surface area contributed by atoms with Crippen LogP contribution in [-0.4, -0.2) is 48.4 Å². The average molecular weight is 304 g/mol. The molecule has 1 fully saturated rings. The number of hydrogen-bond acceptors (Lipinski definition) is 4. The third kappa shape index (κ3) is 3.19. The smallest absolute Gasteiger partial charge is 0.410 e. The van der Waals surface area contributed by atoms with Crippen molar-refractivity contribution in [3.05, 3.63) is 29.8 Å². The summed E-state index contributed by atoms with van der Waals surface area (Å²) >= 11 is 0. The van der Waals surface area contributed by atoms with Gasteiger partial charge in [0.1, 0.15) is 11.2 Å². The molecule has 0 radical (unpaired) electrons. The molecule has 2 heterocycles. The van der Waals surface area contributed by atoms with Gasteiger partial charge in [-0.2, -0.15) is 0 Å². The van der Waals surface area contributed by atoms with Crippen molar-refractivity contribution in [2.45, 2.75) is 38.4 Å². The first-order valence-electron chi connectivity index (χ1n) is 7.81. The number of amides is 1. The average Bonchev–Trinajstić information content (AvgIpc) is 2.45. The van der Waals surface area contributed by atoms with Crippen LogP contribution in [0.15, 0.2) is 24.3 Å². The van der Waals surface area contributed by atoms with Crippen molar-refractivity contribution < 1.29 is 14.3 Å². The molecule has 0 saturated carbocycles. The van der Waals surface area contributed by atoms with Crippen LogP contribution in [0, 0.1) is 0 Å². The Morgan fingerprint density at radius 2 is 2.14 bits per heavy atom. The zero-order valence-electron chi connectivity index (χ0n) is 13.5. The summed E-state index contributed by atoms with van der Waals surface area (Å²) in [6.45, 7) is 8.06. The van der Waals surface area contributed by atoms with E-state index in [4.69, 9.17) is 9.47 Å².